The first-order chi connectivity index (χ1) is 10.3. The summed E-state index contributed by atoms with van der Waals surface area (Å²) in [4.78, 5) is 14.0. The first-order valence-electron chi connectivity index (χ1n) is 8.26. The summed E-state index contributed by atoms with van der Waals surface area (Å²) in [6.07, 6.45) is 9.15. The summed E-state index contributed by atoms with van der Waals surface area (Å²) in [5, 5.41) is 1.67. The van der Waals surface area contributed by atoms with Crippen molar-refractivity contribution in [1.29, 1.82) is 0 Å². The maximum atomic E-state index is 11.4. The van der Waals surface area contributed by atoms with Gasteiger partial charge < -0.3 is 4.98 Å². The first kappa shape index (κ1) is 27.7. The Morgan fingerprint density at radius 3 is 1.76 bits per heavy atom. The molecule has 1 aromatic rings. The van der Waals surface area contributed by atoms with Crippen LogP contribution in [0.15, 0.2) is 29.2 Å². The minimum atomic E-state index is -0.0475. The number of allylic oxidation sites excluding steroid dienone is 2. The van der Waals surface area contributed by atoms with Crippen LogP contribution in [0.2, 0.25) is 0 Å². The molecule has 0 spiro atoms. The van der Waals surface area contributed by atoms with Crippen molar-refractivity contribution in [2.75, 3.05) is 0 Å². The van der Waals surface area contributed by atoms with Crippen LogP contribution in [0.25, 0.3) is 12.2 Å². The molecule has 0 fully saturated rings. The third-order valence-corrected chi connectivity index (χ3v) is 1.80. The van der Waals surface area contributed by atoms with E-state index in [9.17, 15) is 4.79 Å². The van der Waals surface area contributed by atoms with Crippen LogP contribution in [0, 0.1) is 0 Å². The molecule has 0 saturated heterocycles. The zero-order chi connectivity index (χ0) is 17.7. The SMILES string of the molecule is CC.CC.CC.CC.C\C=C/C=c1/c(=O)[nH]cc/c1=C/C. The van der Waals surface area contributed by atoms with E-state index < -0.39 is 0 Å². The smallest absolute Gasteiger partial charge is 0.255 e. The van der Waals surface area contributed by atoms with Gasteiger partial charge >= 0.3 is 0 Å². The van der Waals surface area contributed by atoms with E-state index >= 15 is 0 Å². The van der Waals surface area contributed by atoms with Gasteiger partial charge in [0.1, 0.15) is 0 Å². The molecule has 0 aliphatic rings. The third-order valence-electron chi connectivity index (χ3n) is 1.80. The molecule has 0 radical (unpaired) electrons. The van der Waals surface area contributed by atoms with E-state index in [1.165, 1.54) is 0 Å². The number of H-pyrrole nitrogens is 1. The lowest BCUT2D eigenvalue weighted by Gasteiger charge is -1.86. The Balaban J connectivity index is -0.000000156. The Kier molecular flexibility index (Phi) is 35.5. The number of nitrogens with one attached hydrogen (secondary N) is 1. The molecular weight excluding hydrogens is 258 g/mol. The highest BCUT2D eigenvalue weighted by Gasteiger charge is 1.87. The quantitative estimate of drug-likeness (QED) is 0.804. The Labute approximate surface area is 132 Å². The standard InChI is InChI=1S/C11H13NO.4C2H6/c1-3-5-6-10-9(4-2)7-8-12-11(10)13;4*1-2/h3-8H,1-2H3,(H,12,13);4*1-2H3/b5-3-,9-4-,10-6+;;;;. The van der Waals surface area contributed by atoms with Crippen molar-refractivity contribution in [2.45, 2.75) is 69.2 Å². The number of hydrogen-bond donors (Lipinski definition) is 1. The van der Waals surface area contributed by atoms with Gasteiger partial charge in [-0.15, -0.1) is 0 Å². The minimum Gasteiger partial charge on any atom is -0.329 e. The van der Waals surface area contributed by atoms with Crippen LogP contribution in [0.4, 0.5) is 0 Å². The molecule has 1 N–H and O–H groups in total. The topological polar surface area (TPSA) is 32.9 Å². The lowest BCUT2D eigenvalue weighted by atomic mass is 10.2. The molecule has 1 aromatic heterocycles. The second-order valence-corrected chi connectivity index (χ2v) is 2.66. The lowest BCUT2D eigenvalue weighted by molar-refractivity contribution is 1.18. The van der Waals surface area contributed by atoms with Gasteiger partial charge in [0.15, 0.2) is 0 Å². The van der Waals surface area contributed by atoms with E-state index in [1.54, 1.807) is 6.20 Å². The Morgan fingerprint density at radius 2 is 1.38 bits per heavy atom. The van der Waals surface area contributed by atoms with E-state index in [0.717, 1.165) is 5.22 Å². The average Bonchev–Trinajstić information content (AvgIpc) is 2.60. The van der Waals surface area contributed by atoms with Gasteiger partial charge in [0.25, 0.3) is 5.56 Å². The molecule has 1 rings (SSSR count). The molecule has 0 aliphatic heterocycles. The third kappa shape index (κ3) is 14.6. The summed E-state index contributed by atoms with van der Waals surface area (Å²) in [5.41, 5.74) is -0.0475. The van der Waals surface area contributed by atoms with Gasteiger partial charge in [-0.3, -0.25) is 4.79 Å². The molecule has 124 valence electrons. The molecule has 0 bridgehead atoms. The highest BCUT2D eigenvalue weighted by molar-refractivity contribution is 5.37. The molecule has 0 atom stereocenters. The maximum Gasteiger partial charge on any atom is 0.255 e. The maximum absolute atomic E-state index is 11.4. The van der Waals surface area contributed by atoms with Gasteiger partial charge in [-0.2, -0.15) is 0 Å². The summed E-state index contributed by atoms with van der Waals surface area (Å²) in [5.74, 6) is 0. The predicted octanol–water partition coefficient (Wildman–Crippen LogP) is 4.64. The van der Waals surface area contributed by atoms with Crippen LogP contribution in [0.3, 0.4) is 0 Å². The highest BCUT2D eigenvalue weighted by Crippen LogP contribution is 1.69. The summed E-state index contributed by atoms with van der Waals surface area (Å²) in [6, 6.07) is 1.89. The van der Waals surface area contributed by atoms with Crippen LogP contribution in [0.1, 0.15) is 69.2 Å². The lowest BCUT2D eigenvalue weighted by Crippen LogP contribution is -2.39. The normalized spacial score (nSPS) is 10.0. The number of aromatic nitrogens is 1. The fourth-order valence-electron chi connectivity index (χ4n) is 1.12. The average molecular weight is 296 g/mol. The molecular formula is C19H37NO. The number of hydrogen-bond acceptors (Lipinski definition) is 1. The molecule has 0 aromatic carbocycles. The van der Waals surface area contributed by atoms with Gasteiger partial charge in [0.05, 0.1) is 0 Å². The zero-order valence-corrected chi connectivity index (χ0v) is 15.9. The van der Waals surface area contributed by atoms with Crippen LogP contribution in [0.5, 0.6) is 0 Å². The van der Waals surface area contributed by atoms with Crippen molar-refractivity contribution in [2.24, 2.45) is 0 Å². The van der Waals surface area contributed by atoms with Crippen molar-refractivity contribution in [3.63, 3.8) is 0 Å². The highest BCUT2D eigenvalue weighted by atomic mass is 16.1. The van der Waals surface area contributed by atoms with Crippen LogP contribution < -0.4 is 16.0 Å². The van der Waals surface area contributed by atoms with Crippen molar-refractivity contribution in [3.05, 3.63) is 45.2 Å². The summed E-state index contributed by atoms with van der Waals surface area (Å²) >= 11 is 0. The monoisotopic (exact) mass is 295 g/mol. The predicted molar refractivity (Wildman–Crippen MR) is 101 cm³/mol. The van der Waals surface area contributed by atoms with E-state index in [-0.39, 0.29) is 5.56 Å². The van der Waals surface area contributed by atoms with Crippen molar-refractivity contribution < 1.29 is 0 Å². The van der Waals surface area contributed by atoms with E-state index in [2.05, 4.69) is 4.98 Å². The van der Waals surface area contributed by atoms with E-state index in [1.807, 2.05) is 99.6 Å². The Morgan fingerprint density at radius 1 is 0.905 bits per heavy atom. The van der Waals surface area contributed by atoms with Crippen molar-refractivity contribution >= 4 is 12.2 Å². The molecule has 1 heterocycles. The minimum absolute atomic E-state index is 0.0475. The van der Waals surface area contributed by atoms with Crippen LogP contribution >= 0.6 is 0 Å². The van der Waals surface area contributed by atoms with Crippen LogP contribution in [-0.4, -0.2) is 4.98 Å². The van der Waals surface area contributed by atoms with Gasteiger partial charge in [0, 0.05) is 11.4 Å². The van der Waals surface area contributed by atoms with Crippen LogP contribution in [-0.2, 0) is 0 Å². The summed E-state index contributed by atoms with van der Waals surface area (Å²) < 4.78 is 0. The molecule has 0 unspecified atom stereocenters. The molecule has 21 heavy (non-hydrogen) atoms. The molecule has 0 saturated carbocycles. The Bertz CT molecular complexity index is 467. The Hall–Kier alpha value is -1.57. The number of rotatable bonds is 1. The zero-order valence-electron chi connectivity index (χ0n) is 15.9. The number of pyridine rings is 1. The first-order valence-corrected chi connectivity index (χ1v) is 8.26. The van der Waals surface area contributed by atoms with Gasteiger partial charge in [0.2, 0.25) is 0 Å². The molecule has 0 amide bonds. The second-order valence-electron chi connectivity index (χ2n) is 2.66. The molecule has 2 heteroatoms. The fraction of sp³-hybridized carbons (Fsp3) is 0.526. The molecule has 2 nitrogen and oxygen atoms in total. The second kappa shape index (κ2) is 26.9. The van der Waals surface area contributed by atoms with E-state index in [4.69, 9.17) is 0 Å². The summed E-state index contributed by atoms with van der Waals surface area (Å²) in [6.45, 7) is 19.8. The van der Waals surface area contributed by atoms with Crippen molar-refractivity contribution in [1.82, 2.24) is 4.98 Å². The summed E-state index contributed by atoms with van der Waals surface area (Å²) in [7, 11) is 0. The molecule has 0 aliphatic carbocycles. The van der Waals surface area contributed by atoms with Gasteiger partial charge in [-0.25, -0.2) is 0 Å². The van der Waals surface area contributed by atoms with Crippen molar-refractivity contribution in [3.8, 4) is 0 Å². The van der Waals surface area contributed by atoms with Gasteiger partial charge in [-0.05, 0) is 31.2 Å². The van der Waals surface area contributed by atoms with E-state index in [0.29, 0.717) is 5.22 Å². The fourth-order valence-corrected chi connectivity index (χ4v) is 1.12. The number of aromatic amines is 1. The van der Waals surface area contributed by atoms with Gasteiger partial charge in [-0.1, -0.05) is 73.6 Å². The largest absolute Gasteiger partial charge is 0.329 e.